The van der Waals surface area contributed by atoms with E-state index in [0.29, 0.717) is 26.2 Å². The van der Waals surface area contributed by atoms with Crippen LogP contribution in [0.4, 0.5) is 0 Å². The van der Waals surface area contributed by atoms with E-state index in [1.165, 1.54) is 0 Å². The van der Waals surface area contributed by atoms with E-state index >= 15 is 0 Å². The third kappa shape index (κ3) is 6.69. The highest BCUT2D eigenvalue weighted by molar-refractivity contribution is 6.01. The molecule has 0 aromatic heterocycles. The van der Waals surface area contributed by atoms with Crippen LogP contribution < -0.4 is 4.74 Å². The molecular weight excluding hydrogens is 380 g/mol. The summed E-state index contributed by atoms with van der Waals surface area (Å²) in [6.07, 6.45) is 1.75. The van der Waals surface area contributed by atoms with E-state index in [0.717, 1.165) is 29.0 Å². The molecule has 0 aliphatic carbocycles. The van der Waals surface area contributed by atoms with Crippen LogP contribution in [0.2, 0.25) is 0 Å². The smallest absolute Gasteiger partial charge is 0.145 e. The van der Waals surface area contributed by atoms with Crippen LogP contribution in [0, 0.1) is 0 Å². The Bertz CT molecular complexity index is 825. The first-order chi connectivity index (χ1) is 14.7. The number of nitrogens with zero attached hydrogens (tertiary/aromatic N) is 2. The molecule has 0 bridgehead atoms. The average Bonchev–Trinajstić information content (AvgIpc) is 3.23. The maximum Gasteiger partial charge on any atom is 0.145 e. The van der Waals surface area contributed by atoms with E-state index in [2.05, 4.69) is 22.7 Å². The van der Waals surface area contributed by atoms with Crippen LogP contribution in [0.5, 0.6) is 5.75 Å². The van der Waals surface area contributed by atoms with E-state index in [1.54, 1.807) is 13.2 Å². The summed E-state index contributed by atoms with van der Waals surface area (Å²) in [5.74, 6) is 0.814. The third-order valence-electron chi connectivity index (χ3n) is 4.86. The highest BCUT2D eigenvalue weighted by atomic mass is 16.6. The van der Waals surface area contributed by atoms with Gasteiger partial charge in [0.05, 0.1) is 32.1 Å². The molecule has 30 heavy (non-hydrogen) atoms. The normalized spacial score (nSPS) is 16.8. The first-order valence-corrected chi connectivity index (χ1v) is 10.2. The molecule has 1 heterocycles. The molecule has 160 valence electrons. The Hall–Kier alpha value is -2.67. The Balaban J connectivity index is 1.62. The van der Waals surface area contributed by atoms with Crippen LogP contribution in [-0.4, -0.2) is 61.3 Å². The van der Waals surface area contributed by atoms with Crippen molar-refractivity contribution in [3.8, 4) is 5.75 Å². The second kappa shape index (κ2) is 11.5. The number of rotatable bonds is 12. The first-order valence-electron chi connectivity index (χ1n) is 10.2. The van der Waals surface area contributed by atoms with E-state index in [1.807, 2.05) is 48.5 Å². The summed E-state index contributed by atoms with van der Waals surface area (Å²) in [6.45, 7) is 6.10. The second-order valence-corrected chi connectivity index (χ2v) is 7.36. The van der Waals surface area contributed by atoms with Gasteiger partial charge in [0.2, 0.25) is 0 Å². The van der Waals surface area contributed by atoms with Crippen molar-refractivity contribution in [1.29, 1.82) is 0 Å². The summed E-state index contributed by atoms with van der Waals surface area (Å²) in [6, 6.07) is 18.0. The van der Waals surface area contributed by atoms with Gasteiger partial charge in [-0.25, -0.2) is 0 Å². The van der Waals surface area contributed by atoms with Crippen molar-refractivity contribution in [3.63, 3.8) is 0 Å². The largest absolute Gasteiger partial charge is 0.497 e. The fourth-order valence-electron chi connectivity index (χ4n) is 3.49. The molecule has 2 aromatic rings. The number of ether oxygens (including phenoxy) is 2. The molecule has 1 N–H and O–H groups in total. The van der Waals surface area contributed by atoms with E-state index < -0.39 is 6.10 Å². The molecule has 0 fully saturated rings. The van der Waals surface area contributed by atoms with Crippen molar-refractivity contribution in [2.45, 2.75) is 25.2 Å². The van der Waals surface area contributed by atoms with Gasteiger partial charge < -0.3 is 19.4 Å². The minimum Gasteiger partial charge on any atom is -0.497 e. The topological polar surface area (TPSA) is 63.5 Å². The highest BCUT2D eigenvalue weighted by Gasteiger charge is 2.25. The molecule has 2 atom stereocenters. The molecule has 0 spiro atoms. The minimum atomic E-state index is -0.605. The fourth-order valence-corrected chi connectivity index (χ4v) is 3.49. The highest BCUT2D eigenvalue weighted by Crippen LogP contribution is 2.20. The lowest BCUT2D eigenvalue weighted by Crippen LogP contribution is -2.39. The molecule has 3 rings (SSSR count). The molecule has 6 nitrogen and oxygen atoms in total. The number of benzene rings is 2. The molecule has 0 radical (unpaired) electrons. The maximum absolute atomic E-state index is 10.4. The molecule has 0 amide bonds. The lowest BCUT2D eigenvalue weighted by Gasteiger charge is -2.27. The van der Waals surface area contributed by atoms with Crippen LogP contribution in [0.3, 0.4) is 0 Å². The van der Waals surface area contributed by atoms with Crippen molar-refractivity contribution in [2.75, 3.05) is 33.4 Å². The first kappa shape index (κ1) is 22.0. The molecule has 6 heteroatoms. The van der Waals surface area contributed by atoms with E-state index in [4.69, 9.17) is 14.3 Å². The average molecular weight is 411 g/mol. The molecule has 0 saturated heterocycles. The Labute approximate surface area is 178 Å². The zero-order valence-electron chi connectivity index (χ0n) is 17.4. The number of hydrogen-bond donors (Lipinski definition) is 1. The van der Waals surface area contributed by atoms with Crippen LogP contribution in [-0.2, 0) is 16.1 Å². The van der Waals surface area contributed by atoms with Gasteiger partial charge in [0.15, 0.2) is 0 Å². The molecule has 0 saturated carbocycles. The van der Waals surface area contributed by atoms with Crippen molar-refractivity contribution in [3.05, 3.63) is 78.4 Å². The monoisotopic (exact) mass is 410 g/mol. The van der Waals surface area contributed by atoms with Gasteiger partial charge in [0.25, 0.3) is 0 Å². The number of methoxy groups -OCH3 is 1. The summed E-state index contributed by atoms with van der Waals surface area (Å²) in [5, 5.41) is 14.7. The van der Waals surface area contributed by atoms with Gasteiger partial charge in [-0.15, -0.1) is 6.58 Å². The van der Waals surface area contributed by atoms with Crippen molar-refractivity contribution in [1.82, 2.24) is 4.90 Å². The lowest BCUT2D eigenvalue weighted by molar-refractivity contribution is 0.00335. The van der Waals surface area contributed by atoms with Gasteiger partial charge in [0.1, 0.15) is 11.9 Å². The predicted molar refractivity (Wildman–Crippen MR) is 118 cm³/mol. The Morgan fingerprint density at radius 1 is 1.27 bits per heavy atom. The number of hydrogen-bond acceptors (Lipinski definition) is 6. The van der Waals surface area contributed by atoms with Crippen molar-refractivity contribution < 1.29 is 19.4 Å². The van der Waals surface area contributed by atoms with Crippen LogP contribution in [0.1, 0.15) is 17.5 Å². The van der Waals surface area contributed by atoms with E-state index in [-0.39, 0.29) is 12.7 Å². The van der Waals surface area contributed by atoms with Crippen molar-refractivity contribution >= 4 is 5.71 Å². The van der Waals surface area contributed by atoms with Gasteiger partial charge in [-0.3, -0.25) is 4.90 Å². The quantitative estimate of drug-likeness (QED) is 0.430. The summed E-state index contributed by atoms with van der Waals surface area (Å²) < 4.78 is 10.7. The summed E-state index contributed by atoms with van der Waals surface area (Å²) in [4.78, 5) is 7.88. The zero-order valence-corrected chi connectivity index (χ0v) is 17.4. The summed E-state index contributed by atoms with van der Waals surface area (Å²) in [7, 11) is 1.66. The summed E-state index contributed by atoms with van der Waals surface area (Å²) >= 11 is 0. The number of aliphatic hydroxyl groups excluding tert-OH is 1. The SMILES string of the molecule is C=CCOC[C@H](O)CN(Cc1cccc(OC)c1)C[C@H]1CC(c2ccccc2)=NO1. The van der Waals surface area contributed by atoms with Crippen LogP contribution in [0.25, 0.3) is 0 Å². The number of oxime groups is 1. The van der Waals surface area contributed by atoms with Crippen LogP contribution in [0.15, 0.2) is 72.4 Å². The molecule has 0 unspecified atom stereocenters. The standard InChI is InChI=1S/C24H30N2O4/c1-3-12-29-18-21(27)16-26(15-19-8-7-11-22(13-19)28-2)17-23-14-24(25-30-23)20-9-5-4-6-10-20/h3-11,13,21,23,27H,1,12,14-18H2,2H3/t21-,23-/m1/s1. The lowest BCUT2D eigenvalue weighted by atomic mass is 10.0. The minimum absolute atomic E-state index is 0.0629. The zero-order chi connectivity index (χ0) is 21.2. The third-order valence-corrected chi connectivity index (χ3v) is 4.86. The van der Waals surface area contributed by atoms with Crippen LogP contribution >= 0.6 is 0 Å². The molecule has 1 aliphatic heterocycles. The summed E-state index contributed by atoms with van der Waals surface area (Å²) in [5.41, 5.74) is 3.14. The Kier molecular flexibility index (Phi) is 8.44. The van der Waals surface area contributed by atoms with Gasteiger partial charge in [-0.05, 0) is 23.3 Å². The van der Waals surface area contributed by atoms with Gasteiger partial charge in [0, 0.05) is 26.1 Å². The Morgan fingerprint density at radius 2 is 2.10 bits per heavy atom. The molecule has 1 aliphatic rings. The number of aliphatic hydroxyl groups is 1. The second-order valence-electron chi connectivity index (χ2n) is 7.36. The van der Waals surface area contributed by atoms with Gasteiger partial charge in [-0.2, -0.15) is 0 Å². The maximum atomic E-state index is 10.4. The molecule has 2 aromatic carbocycles. The van der Waals surface area contributed by atoms with Gasteiger partial charge >= 0.3 is 0 Å². The van der Waals surface area contributed by atoms with Crippen molar-refractivity contribution in [2.24, 2.45) is 5.16 Å². The van der Waals surface area contributed by atoms with Gasteiger partial charge in [-0.1, -0.05) is 53.7 Å². The fraction of sp³-hybridized carbons (Fsp3) is 0.375. The molecular formula is C24H30N2O4. The predicted octanol–water partition coefficient (Wildman–Crippen LogP) is 3.25. The Morgan fingerprint density at radius 3 is 2.87 bits per heavy atom. The van der Waals surface area contributed by atoms with E-state index in [9.17, 15) is 5.11 Å².